The van der Waals surface area contributed by atoms with Crippen molar-refractivity contribution in [1.29, 1.82) is 0 Å². The quantitative estimate of drug-likeness (QED) is 0.0559. The number of benzene rings is 1. The number of hydrogen-bond donors (Lipinski definition) is 3. The summed E-state index contributed by atoms with van der Waals surface area (Å²) >= 11 is 0. The third-order valence-electron chi connectivity index (χ3n) is 13.4. The highest BCUT2D eigenvalue weighted by molar-refractivity contribution is 6.00. The van der Waals surface area contributed by atoms with Crippen LogP contribution in [0.15, 0.2) is 47.5 Å². The summed E-state index contributed by atoms with van der Waals surface area (Å²) in [5.41, 5.74) is 5.90. The minimum absolute atomic E-state index is 0.214. The number of nitrogens with one attached hydrogen (secondary N) is 2. The van der Waals surface area contributed by atoms with Crippen LogP contribution in [0.3, 0.4) is 0 Å². The first-order valence-corrected chi connectivity index (χ1v) is 24.7. The number of ether oxygens (including phenoxy) is 4. The normalized spacial score (nSPS) is 19.6. The van der Waals surface area contributed by atoms with Crippen LogP contribution < -0.4 is 16.3 Å². The van der Waals surface area contributed by atoms with Gasteiger partial charge in [0.15, 0.2) is 0 Å². The molecule has 0 bridgehead atoms. The maximum absolute atomic E-state index is 13.0. The van der Waals surface area contributed by atoms with Crippen molar-refractivity contribution in [1.82, 2.24) is 49.0 Å². The van der Waals surface area contributed by atoms with Crippen molar-refractivity contribution >= 4 is 39.8 Å². The maximum Gasteiger partial charge on any atom is 0.329 e. The Bertz CT molecular complexity index is 2470. The molecule has 5 aromatic rings. The summed E-state index contributed by atoms with van der Waals surface area (Å²) in [4.78, 5) is 51.5. The highest BCUT2D eigenvalue weighted by Crippen LogP contribution is 2.36. The topological polar surface area (TPSA) is 205 Å². The van der Waals surface area contributed by atoms with Crippen molar-refractivity contribution in [2.24, 2.45) is 7.05 Å². The molecule has 6 heterocycles. The van der Waals surface area contributed by atoms with Crippen molar-refractivity contribution in [2.45, 2.75) is 95.9 Å². The number of nitrogens with zero attached hydrogens (tertiary/aromatic N) is 9. The number of anilines is 1. The van der Waals surface area contributed by atoms with E-state index in [0.29, 0.717) is 70.7 Å². The molecule has 368 valence electrons. The standard InChI is InChI=1S/C49H69N11O8/c1-3-4-17-50-48-51-32-39-40(34-59(46(39)53-48)37-9-11-38(61)12-10-37)41-13-8-36(54-55-41)33-58-20-18-57(19-21-58)22-24-66-26-28-68-30-29-67-27-25-65-23-5-6-35-7-14-42-44(31-35)56(2)49(64)60(42)43-15-16-45(62)52-47(43)63/h7-8,13-14,31-32,34,37-38,43,61H,3-6,9-12,15-30,33H2,1-2H3,(H,50,51,53)(H,52,62,63)/t37?,38?,43-/m0/s1. The van der Waals surface area contributed by atoms with Gasteiger partial charge in [0.1, 0.15) is 11.7 Å². The van der Waals surface area contributed by atoms with E-state index in [1.54, 1.807) is 11.6 Å². The number of imidazole rings is 1. The third kappa shape index (κ3) is 12.7. The predicted octanol–water partition coefficient (Wildman–Crippen LogP) is 4.02. The largest absolute Gasteiger partial charge is 0.393 e. The first-order valence-electron chi connectivity index (χ1n) is 24.7. The van der Waals surface area contributed by atoms with Crippen LogP contribution in [0.2, 0.25) is 0 Å². The number of rotatable bonds is 25. The number of piperazine rings is 1. The van der Waals surface area contributed by atoms with Gasteiger partial charge in [-0.1, -0.05) is 19.4 Å². The lowest BCUT2D eigenvalue weighted by molar-refractivity contribution is -0.135. The Morgan fingerprint density at radius 1 is 0.809 bits per heavy atom. The zero-order valence-electron chi connectivity index (χ0n) is 39.8. The Morgan fingerprint density at radius 3 is 2.24 bits per heavy atom. The number of aryl methyl sites for hydroxylation is 2. The lowest BCUT2D eigenvalue weighted by atomic mass is 9.93. The van der Waals surface area contributed by atoms with Crippen LogP contribution in [0.4, 0.5) is 5.95 Å². The second kappa shape index (κ2) is 24.4. The monoisotopic (exact) mass is 940 g/mol. The van der Waals surface area contributed by atoms with E-state index in [0.717, 1.165) is 136 Å². The molecule has 3 fully saturated rings. The number of imide groups is 1. The molecular weight excluding hydrogens is 871 g/mol. The molecule has 1 saturated carbocycles. The van der Waals surface area contributed by atoms with Crippen molar-refractivity contribution < 1.29 is 33.6 Å². The molecule has 4 aromatic heterocycles. The zero-order chi connectivity index (χ0) is 47.2. The number of carbonyl (C=O) groups excluding carboxylic acids is 2. The fourth-order valence-electron chi connectivity index (χ4n) is 9.43. The molecule has 2 aliphatic heterocycles. The van der Waals surface area contributed by atoms with E-state index in [1.165, 1.54) is 4.57 Å². The summed E-state index contributed by atoms with van der Waals surface area (Å²) in [7, 11) is 1.70. The minimum atomic E-state index is -0.690. The first kappa shape index (κ1) is 49.3. The van der Waals surface area contributed by atoms with Gasteiger partial charge in [0.05, 0.1) is 74.8 Å². The fraction of sp³-hybridized carbons (Fsp3) is 0.612. The van der Waals surface area contributed by atoms with E-state index >= 15 is 0 Å². The molecule has 1 aliphatic carbocycles. The van der Waals surface area contributed by atoms with Crippen molar-refractivity contribution in [2.75, 3.05) is 97.4 Å². The summed E-state index contributed by atoms with van der Waals surface area (Å²) in [6, 6.07) is 9.58. The van der Waals surface area contributed by atoms with Crippen LogP contribution in [0.5, 0.6) is 0 Å². The van der Waals surface area contributed by atoms with Gasteiger partial charge in [-0.15, -0.1) is 0 Å². The Balaban J connectivity index is 0.651. The van der Waals surface area contributed by atoms with Crippen LogP contribution >= 0.6 is 0 Å². The first-order chi connectivity index (χ1) is 33.2. The molecule has 3 N–H and O–H groups in total. The van der Waals surface area contributed by atoms with Gasteiger partial charge in [-0.3, -0.25) is 33.8 Å². The van der Waals surface area contributed by atoms with E-state index < -0.39 is 11.9 Å². The number of aliphatic hydroxyl groups is 1. The number of aromatic nitrogens is 7. The second-order valence-electron chi connectivity index (χ2n) is 18.2. The van der Waals surface area contributed by atoms with Crippen LogP contribution in [0.1, 0.15) is 88.1 Å². The number of amides is 2. The summed E-state index contributed by atoms with van der Waals surface area (Å²) in [5, 5.41) is 26.2. The molecule has 19 nitrogen and oxygen atoms in total. The Morgan fingerprint density at radius 2 is 1.53 bits per heavy atom. The molecular formula is C49H69N11O8. The van der Waals surface area contributed by atoms with Gasteiger partial charge in [0.25, 0.3) is 0 Å². The summed E-state index contributed by atoms with van der Waals surface area (Å²) in [6.45, 7) is 12.8. The predicted molar refractivity (Wildman–Crippen MR) is 257 cm³/mol. The Hall–Kier alpha value is -5.15. The average Bonchev–Trinajstić information content (AvgIpc) is 3.84. The number of unbranched alkanes of at least 4 members (excludes halogenated alkanes) is 1. The molecule has 0 spiro atoms. The summed E-state index contributed by atoms with van der Waals surface area (Å²) in [5.74, 6) is -0.0963. The average molecular weight is 940 g/mol. The van der Waals surface area contributed by atoms with E-state index in [-0.39, 0.29) is 30.2 Å². The van der Waals surface area contributed by atoms with Crippen LogP contribution in [0.25, 0.3) is 33.3 Å². The van der Waals surface area contributed by atoms with Crippen molar-refractivity contribution in [3.8, 4) is 11.3 Å². The Labute approximate surface area is 397 Å². The van der Waals surface area contributed by atoms with E-state index in [2.05, 4.69) is 60.3 Å². The van der Waals surface area contributed by atoms with Gasteiger partial charge >= 0.3 is 5.69 Å². The second-order valence-corrected chi connectivity index (χ2v) is 18.2. The molecule has 3 aliphatic rings. The van der Waals surface area contributed by atoms with Crippen molar-refractivity contribution in [3.05, 3.63) is 64.5 Å². The molecule has 8 rings (SSSR count). The molecule has 68 heavy (non-hydrogen) atoms. The fourth-order valence-corrected chi connectivity index (χ4v) is 9.43. The van der Waals surface area contributed by atoms with E-state index in [9.17, 15) is 19.5 Å². The van der Waals surface area contributed by atoms with Gasteiger partial charge in [0, 0.05) is 95.3 Å². The van der Waals surface area contributed by atoms with Gasteiger partial charge in [0.2, 0.25) is 17.8 Å². The van der Waals surface area contributed by atoms with Gasteiger partial charge in [-0.05, 0) is 81.2 Å². The SMILES string of the molecule is CCCCNc1ncc2c(-c3ccc(CN4CCN(CCOCCOCCOCCOCCCc5ccc6c(c5)n(C)c(=O)n6[C@H]5CCC(=O)NC5=O)CC4)nn3)cn(C3CCC(O)CC3)c2n1. The van der Waals surface area contributed by atoms with Gasteiger partial charge in [-0.2, -0.15) is 15.2 Å². The van der Waals surface area contributed by atoms with Crippen LogP contribution in [-0.2, 0) is 48.5 Å². The molecule has 1 atom stereocenters. The summed E-state index contributed by atoms with van der Waals surface area (Å²) in [6.07, 6.45) is 11.6. The number of fused-ring (bicyclic) bond motifs is 2. The maximum atomic E-state index is 13.0. The molecule has 0 radical (unpaired) electrons. The number of aliphatic hydroxyl groups excluding tert-OH is 1. The lowest BCUT2D eigenvalue weighted by Gasteiger charge is -2.34. The van der Waals surface area contributed by atoms with Gasteiger partial charge in [-0.25, -0.2) is 9.78 Å². The molecule has 2 saturated heterocycles. The molecule has 1 aromatic carbocycles. The highest BCUT2D eigenvalue weighted by Gasteiger charge is 2.31. The van der Waals surface area contributed by atoms with Crippen LogP contribution in [-0.4, -0.2) is 159 Å². The summed E-state index contributed by atoms with van der Waals surface area (Å²) < 4.78 is 28.3. The van der Waals surface area contributed by atoms with Gasteiger partial charge < -0.3 is 33.9 Å². The number of hydrogen-bond acceptors (Lipinski definition) is 15. The number of carbonyl (C=O) groups is 2. The third-order valence-corrected chi connectivity index (χ3v) is 13.4. The van der Waals surface area contributed by atoms with Crippen molar-refractivity contribution in [3.63, 3.8) is 0 Å². The minimum Gasteiger partial charge on any atom is -0.393 e. The lowest BCUT2D eigenvalue weighted by Crippen LogP contribution is -2.46. The smallest absolute Gasteiger partial charge is 0.329 e. The van der Waals surface area contributed by atoms with E-state index in [1.807, 2.05) is 24.4 Å². The molecule has 0 unspecified atom stereocenters. The molecule has 2 amide bonds. The number of piperidine rings is 1. The Kier molecular flexibility index (Phi) is 17.7. The highest BCUT2D eigenvalue weighted by atomic mass is 16.6. The zero-order valence-corrected chi connectivity index (χ0v) is 39.8. The molecule has 19 heteroatoms. The van der Waals surface area contributed by atoms with E-state index in [4.69, 9.17) is 29.0 Å². The van der Waals surface area contributed by atoms with Crippen LogP contribution in [0, 0.1) is 0 Å².